The quantitative estimate of drug-likeness (QED) is 0.262. The van der Waals surface area contributed by atoms with Gasteiger partial charge in [-0.15, -0.1) is 18.3 Å². The molecule has 36 heavy (non-hydrogen) atoms. The first-order chi connectivity index (χ1) is 17.2. The van der Waals surface area contributed by atoms with E-state index < -0.39 is 6.36 Å². The van der Waals surface area contributed by atoms with E-state index in [2.05, 4.69) is 25.0 Å². The molecule has 4 rings (SSSR count). The van der Waals surface area contributed by atoms with Gasteiger partial charge in [-0.05, 0) is 43.2 Å². The van der Waals surface area contributed by atoms with Crippen LogP contribution in [-0.2, 0) is 15.3 Å². The Hall–Kier alpha value is -3.68. The predicted octanol–water partition coefficient (Wildman–Crippen LogP) is 3.27. The number of hydrogen-bond acceptors (Lipinski definition) is 9. The Morgan fingerprint density at radius 1 is 1.11 bits per heavy atom. The van der Waals surface area contributed by atoms with Gasteiger partial charge in [0.15, 0.2) is 10.9 Å². The lowest BCUT2D eigenvalue weighted by Crippen LogP contribution is -2.41. The number of benzene rings is 1. The van der Waals surface area contributed by atoms with Crippen LogP contribution in [0.5, 0.6) is 5.75 Å². The fraction of sp³-hybridized carbons (Fsp3) is 0.364. The van der Waals surface area contributed by atoms with Crippen molar-refractivity contribution in [2.24, 2.45) is 5.92 Å². The molecule has 1 amide bonds. The van der Waals surface area contributed by atoms with Gasteiger partial charge in [0.25, 0.3) is 5.91 Å². The number of ether oxygens (including phenoxy) is 2. The zero-order valence-electron chi connectivity index (χ0n) is 19.0. The summed E-state index contributed by atoms with van der Waals surface area (Å²) in [5.41, 5.74) is 0.924. The number of likely N-dealkylation sites (tertiary alicyclic amines) is 1. The number of thioether (sulfide) groups is 1. The maximum absolute atomic E-state index is 13.3. The zero-order chi connectivity index (χ0) is 25.7. The number of carbonyl (C=O) groups is 2. The van der Waals surface area contributed by atoms with Crippen LogP contribution in [0.3, 0.4) is 0 Å². The maximum atomic E-state index is 13.3. The van der Waals surface area contributed by atoms with Crippen molar-refractivity contribution < 1.29 is 32.2 Å². The standard InChI is InChI=1S/C22H21F3N6O4S/c1-34-20(33)14-7-11-30(12-8-14)19(32)18-17(13-36-21-26-9-2-10-27-21)31(29-28-18)15-3-5-16(6-4-15)35-22(23,24)25/h2-6,9-10,14H,7-8,11-13H2,1H3. The maximum Gasteiger partial charge on any atom is 0.573 e. The van der Waals surface area contributed by atoms with Gasteiger partial charge < -0.3 is 14.4 Å². The highest BCUT2D eigenvalue weighted by atomic mass is 32.2. The third-order valence-electron chi connectivity index (χ3n) is 5.48. The molecule has 0 atom stereocenters. The van der Waals surface area contributed by atoms with E-state index in [0.717, 1.165) is 12.1 Å². The van der Waals surface area contributed by atoms with Crippen LogP contribution >= 0.6 is 11.8 Å². The van der Waals surface area contributed by atoms with Gasteiger partial charge in [-0.3, -0.25) is 9.59 Å². The van der Waals surface area contributed by atoms with Crippen LogP contribution in [0.2, 0.25) is 0 Å². The van der Waals surface area contributed by atoms with E-state index in [1.165, 1.54) is 35.7 Å². The second-order valence-corrected chi connectivity index (χ2v) is 8.69. The van der Waals surface area contributed by atoms with Gasteiger partial charge in [0.2, 0.25) is 0 Å². The third kappa shape index (κ3) is 6.11. The van der Waals surface area contributed by atoms with Crippen molar-refractivity contribution >= 4 is 23.6 Å². The first kappa shape index (κ1) is 25.4. The summed E-state index contributed by atoms with van der Waals surface area (Å²) in [7, 11) is 1.33. The molecule has 1 fully saturated rings. The minimum atomic E-state index is -4.81. The van der Waals surface area contributed by atoms with Gasteiger partial charge in [-0.25, -0.2) is 14.6 Å². The number of esters is 1. The zero-order valence-corrected chi connectivity index (χ0v) is 19.8. The van der Waals surface area contributed by atoms with Crippen LogP contribution in [0.25, 0.3) is 5.69 Å². The van der Waals surface area contributed by atoms with Crippen molar-refractivity contribution in [1.82, 2.24) is 29.9 Å². The monoisotopic (exact) mass is 522 g/mol. The minimum Gasteiger partial charge on any atom is -0.469 e. The van der Waals surface area contributed by atoms with Crippen molar-refractivity contribution in [2.75, 3.05) is 20.2 Å². The Labute approximate surface area is 207 Å². The fourth-order valence-corrected chi connectivity index (χ4v) is 4.52. The summed E-state index contributed by atoms with van der Waals surface area (Å²) in [5, 5.41) is 8.67. The van der Waals surface area contributed by atoms with Gasteiger partial charge in [0.1, 0.15) is 5.75 Å². The highest BCUT2D eigenvalue weighted by Gasteiger charge is 2.32. The van der Waals surface area contributed by atoms with E-state index in [0.29, 0.717) is 42.5 Å². The molecule has 10 nitrogen and oxygen atoms in total. The average Bonchev–Trinajstić information content (AvgIpc) is 3.30. The third-order valence-corrected chi connectivity index (χ3v) is 6.36. The van der Waals surface area contributed by atoms with Crippen LogP contribution in [0.15, 0.2) is 47.9 Å². The summed E-state index contributed by atoms with van der Waals surface area (Å²) in [6, 6.07) is 6.76. The molecule has 190 valence electrons. The normalized spacial score (nSPS) is 14.5. The molecule has 1 aliphatic heterocycles. The minimum absolute atomic E-state index is 0.102. The van der Waals surface area contributed by atoms with E-state index in [9.17, 15) is 22.8 Å². The molecule has 3 aromatic rings. The van der Waals surface area contributed by atoms with Crippen molar-refractivity contribution in [2.45, 2.75) is 30.1 Å². The first-order valence-electron chi connectivity index (χ1n) is 10.8. The Kier molecular flexibility index (Phi) is 7.72. The summed E-state index contributed by atoms with van der Waals surface area (Å²) >= 11 is 1.26. The number of amides is 1. The summed E-state index contributed by atoms with van der Waals surface area (Å²) < 4.78 is 47.7. The van der Waals surface area contributed by atoms with Crippen LogP contribution < -0.4 is 4.74 Å². The van der Waals surface area contributed by atoms with Crippen molar-refractivity contribution in [3.05, 3.63) is 54.1 Å². The van der Waals surface area contributed by atoms with E-state index in [-0.39, 0.29) is 35.0 Å². The molecule has 1 saturated heterocycles. The molecule has 0 aliphatic carbocycles. The van der Waals surface area contributed by atoms with E-state index in [4.69, 9.17) is 4.74 Å². The Balaban J connectivity index is 1.59. The molecule has 1 aliphatic rings. The summed E-state index contributed by atoms with van der Waals surface area (Å²) in [5.74, 6) is -1.09. The number of piperidine rings is 1. The number of carbonyl (C=O) groups excluding carboxylic acids is 2. The van der Waals surface area contributed by atoms with Crippen LogP contribution in [0, 0.1) is 5.92 Å². The van der Waals surface area contributed by atoms with E-state index in [1.807, 2.05) is 0 Å². The molecule has 0 saturated carbocycles. The van der Waals surface area contributed by atoms with Crippen LogP contribution in [0.4, 0.5) is 13.2 Å². The SMILES string of the molecule is COC(=O)C1CCN(C(=O)c2nnn(-c3ccc(OC(F)(F)F)cc3)c2CSc2ncccn2)CC1. The van der Waals surface area contributed by atoms with Crippen molar-refractivity contribution in [3.63, 3.8) is 0 Å². The lowest BCUT2D eigenvalue weighted by molar-refractivity contribution is -0.274. The van der Waals surface area contributed by atoms with Crippen molar-refractivity contribution in [1.29, 1.82) is 0 Å². The molecule has 1 aromatic carbocycles. The molecule has 0 unspecified atom stereocenters. The molecule has 0 bridgehead atoms. The Morgan fingerprint density at radius 2 is 1.78 bits per heavy atom. The number of rotatable bonds is 7. The molecule has 0 radical (unpaired) electrons. The smallest absolute Gasteiger partial charge is 0.469 e. The average molecular weight is 523 g/mol. The van der Waals surface area contributed by atoms with Gasteiger partial charge in [-0.1, -0.05) is 17.0 Å². The van der Waals surface area contributed by atoms with Crippen LogP contribution in [0.1, 0.15) is 29.0 Å². The first-order valence-corrected chi connectivity index (χ1v) is 11.8. The number of alkyl halides is 3. The molecular weight excluding hydrogens is 501 g/mol. The van der Waals surface area contributed by atoms with Crippen molar-refractivity contribution in [3.8, 4) is 11.4 Å². The number of halogens is 3. The topological polar surface area (TPSA) is 112 Å². The highest BCUT2D eigenvalue weighted by molar-refractivity contribution is 7.98. The molecule has 0 N–H and O–H groups in total. The lowest BCUT2D eigenvalue weighted by Gasteiger charge is -2.30. The molecule has 0 spiro atoms. The Morgan fingerprint density at radius 3 is 2.39 bits per heavy atom. The fourth-order valence-electron chi connectivity index (χ4n) is 3.72. The van der Waals surface area contributed by atoms with E-state index >= 15 is 0 Å². The number of hydrogen-bond donors (Lipinski definition) is 0. The molecule has 14 heteroatoms. The van der Waals surface area contributed by atoms with Gasteiger partial charge in [0.05, 0.1) is 24.4 Å². The second-order valence-electron chi connectivity index (χ2n) is 7.75. The lowest BCUT2D eigenvalue weighted by atomic mass is 9.97. The second kappa shape index (κ2) is 10.9. The van der Waals surface area contributed by atoms with Gasteiger partial charge >= 0.3 is 12.3 Å². The molecule has 2 aromatic heterocycles. The number of methoxy groups -OCH3 is 1. The van der Waals surface area contributed by atoms with E-state index in [1.54, 1.807) is 23.4 Å². The number of aromatic nitrogens is 5. The summed E-state index contributed by atoms with van der Waals surface area (Å²) in [6.45, 7) is 0.701. The summed E-state index contributed by atoms with van der Waals surface area (Å²) in [6.07, 6.45) is -0.707. The van der Waals surface area contributed by atoms with Gasteiger partial charge in [-0.2, -0.15) is 0 Å². The summed E-state index contributed by atoms with van der Waals surface area (Å²) in [4.78, 5) is 35.1. The predicted molar refractivity (Wildman–Crippen MR) is 120 cm³/mol. The largest absolute Gasteiger partial charge is 0.573 e. The van der Waals surface area contributed by atoms with Gasteiger partial charge in [0, 0.05) is 31.2 Å². The molecular formula is C22H21F3N6O4S. The van der Waals surface area contributed by atoms with Crippen LogP contribution in [-0.4, -0.2) is 68.3 Å². The highest BCUT2D eigenvalue weighted by Crippen LogP contribution is 2.27. The number of nitrogens with zero attached hydrogens (tertiary/aromatic N) is 6. The molecule has 3 heterocycles. The Bertz CT molecular complexity index is 1200.